The van der Waals surface area contributed by atoms with E-state index in [-0.39, 0.29) is 16.9 Å². The number of aromatic nitrogens is 5. The minimum atomic E-state index is -4.48. The fraction of sp³-hybridized carbons (Fsp3) is 0.438. The lowest BCUT2D eigenvalue weighted by atomic mass is 10.1. The van der Waals surface area contributed by atoms with E-state index in [2.05, 4.69) is 15.2 Å². The van der Waals surface area contributed by atoms with Gasteiger partial charge in [0.15, 0.2) is 5.65 Å². The second kappa shape index (κ2) is 5.61. The number of nitrogen functional groups attached to an aromatic ring is 1. The Bertz CT molecular complexity index is 986. The van der Waals surface area contributed by atoms with Gasteiger partial charge in [-0.2, -0.15) is 23.4 Å². The van der Waals surface area contributed by atoms with Crippen molar-refractivity contribution in [3.8, 4) is 0 Å². The van der Waals surface area contributed by atoms with Gasteiger partial charge in [-0.05, 0) is 19.4 Å². The van der Waals surface area contributed by atoms with E-state index in [0.29, 0.717) is 31.1 Å². The molecule has 0 unspecified atom stereocenters. The van der Waals surface area contributed by atoms with Crippen LogP contribution in [-0.2, 0) is 26.3 Å². The molecule has 0 saturated carbocycles. The number of fused-ring (bicyclic) bond motifs is 2. The first-order valence-corrected chi connectivity index (χ1v) is 8.23. The number of nitrogens with two attached hydrogens (primary N) is 1. The van der Waals surface area contributed by atoms with Gasteiger partial charge >= 0.3 is 6.18 Å². The van der Waals surface area contributed by atoms with Crippen LogP contribution in [0.4, 0.5) is 24.8 Å². The van der Waals surface area contributed by atoms with Crippen molar-refractivity contribution in [2.24, 2.45) is 7.05 Å². The Hall–Kier alpha value is -2.78. The van der Waals surface area contributed by atoms with Crippen LogP contribution in [0.2, 0.25) is 0 Å². The van der Waals surface area contributed by atoms with Crippen molar-refractivity contribution < 1.29 is 13.2 Å². The first kappa shape index (κ1) is 16.7. The van der Waals surface area contributed by atoms with Gasteiger partial charge in [-0.3, -0.25) is 9.36 Å². The molecule has 0 fully saturated rings. The average Bonchev–Trinajstić information content (AvgIpc) is 2.96. The van der Waals surface area contributed by atoms with Crippen molar-refractivity contribution in [1.82, 2.24) is 24.5 Å². The quantitative estimate of drug-likeness (QED) is 0.717. The highest BCUT2D eigenvalue weighted by Crippen LogP contribution is 2.38. The maximum atomic E-state index is 13.7. The summed E-state index contributed by atoms with van der Waals surface area (Å²) in [5.41, 5.74) is 6.44. The lowest BCUT2D eigenvalue weighted by molar-refractivity contribution is -0.136. The van der Waals surface area contributed by atoms with E-state index in [1.165, 1.54) is 4.68 Å². The Morgan fingerprint density at radius 3 is 2.65 bits per heavy atom. The van der Waals surface area contributed by atoms with E-state index < -0.39 is 11.7 Å². The molecule has 0 bridgehead atoms. The molecule has 0 aromatic carbocycles. The minimum absolute atomic E-state index is 0.0489. The number of aryl methyl sites for hydroxylation is 3. The summed E-state index contributed by atoms with van der Waals surface area (Å²) in [5.74, 6) is 0.685. The predicted molar refractivity (Wildman–Crippen MR) is 90.6 cm³/mol. The number of halogens is 3. The summed E-state index contributed by atoms with van der Waals surface area (Å²) in [4.78, 5) is 6.31. The van der Waals surface area contributed by atoms with Crippen LogP contribution in [0.25, 0.3) is 11.0 Å². The average molecular weight is 365 g/mol. The molecular formula is C16H18F3N7. The third-order valence-corrected chi connectivity index (χ3v) is 4.62. The van der Waals surface area contributed by atoms with E-state index in [0.717, 1.165) is 18.2 Å². The number of hydrogen-bond donors (Lipinski definition) is 1. The molecule has 0 amide bonds. The third-order valence-electron chi connectivity index (χ3n) is 4.62. The fourth-order valence-electron chi connectivity index (χ4n) is 3.50. The monoisotopic (exact) mass is 365 g/mol. The number of hydrogen-bond acceptors (Lipinski definition) is 5. The molecule has 0 atom stereocenters. The summed E-state index contributed by atoms with van der Waals surface area (Å²) < 4.78 is 44.2. The first-order chi connectivity index (χ1) is 12.2. The van der Waals surface area contributed by atoms with Gasteiger partial charge in [-0.15, -0.1) is 0 Å². The summed E-state index contributed by atoms with van der Waals surface area (Å²) in [7, 11) is 1.60. The predicted octanol–water partition coefficient (Wildman–Crippen LogP) is 2.48. The van der Waals surface area contributed by atoms with Gasteiger partial charge in [0.2, 0.25) is 0 Å². The molecule has 0 saturated heterocycles. The largest absolute Gasteiger partial charge is 0.417 e. The Kier molecular flexibility index (Phi) is 3.60. The van der Waals surface area contributed by atoms with Crippen LogP contribution in [0.3, 0.4) is 0 Å². The smallest absolute Gasteiger partial charge is 0.382 e. The van der Waals surface area contributed by atoms with E-state index >= 15 is 0 Å². The van der Waals surface area contributed by atoms with Crippen molar-refractivity contribution in [1.29, 1.82) is 0 Å². The van der Waals surface area contributed by atoms with E-state index in [9.17, 15) is 13.2 Å². The Balaban J connectivity index is 1.85. The highest BCUT2D eigenvalue weighted by atomic mass is 19.4. The molecule has 0 radical (unpaired) electrons. The lowest BCUT2D eigenvalue weighted by Gasteiger charge is -2.22. The highest BCUT2D eigenvalue weighted by Gasteiger charge is 2.36. The Morgan fingerprint density at radius 1 is 1.15 bits per heavy atom. The van der Waals surface area contributed by atoms with Crippen LogP contribution in [0.5, 0.6) is 0 Å². The van der Waals surface area contributed by atoms with Gasteiger partial charge < -0.3 is 10.6 Å². The van der Waals surface area contributed by atoms with Crippen molar-refractivity contribution in [3.05, 3.63) is 29.1 Å². The van der Waals surface area contributed by atoms with Gasteiger partial charge in [0.25, 0.3) is 0 Å². The highest BCUT2D eigenvalue weighted by molar-refractivity contribution is 5.84. The van der Waals surface area contributed by atoms with Crippen molar-refractivity contribution in [2.75, 3.05) is 17.2 Å². The van der Waals surface area contributed by atoms with E-state index in [1.807, 2.05) is 4.90 Å². The molecule has 1 aliphatic heterocycles. The molecule has 10 heteroatoms. The van der Waals surface area contributed by atoms with Crippen LogP contribution in [0.1, 0.15) is 23.4 Å². The number of nitrogens with zero attached hydrogens (tertiary/aromatic N) is 6. The molecular weight excluding hydrogens is 347 g/mol. The number of anilines is 2. The minimum Gasteiger partial charge on any atom is -0.382 e. The SMILES string of the molecule is Cc1nn(C)c2nc(N3CCCn4nc(N)cc4C3)cc(C(F)(F)F)c12. The first-order valence-electron chi connectivity index (χ1n) is 8.23. The van der Waals surface area contributed by atoms with Gasteiger partial charge in [0.1, 0.15) is 11.6 Å². The van der Waals surface area contributed by atoms with E-state index in [4.69, 9.17) is 5.73 Å². The normalized spacial score (nSPS) is 15.3. The van der Waals surface area contributed by atoms with Crippen molar-refractivity contribution in [2.45, 2.75) is 32.6 Å². The summed E-state index contributed by atoms with van der Waals surface area (Å²) in [5, 5.41) is 8.38. The molecule has 1 aliphatic rings. The zero-order chi connectivity index (χ0) is 18.6. The maximum absolute atomic E-state index is 13.7. The van der Waals surface area contributed by atoms with Crippen molar-refractivity contribution >= 4 is 22.7 Å². The zero-order valence-electron chi connectivity index (χ0n) is 14.4. The van der Waals surface area contributed by atoms with Crippen LogP contribution < -0.4 is 10.6 Å². The molecule has 0 spiro atoms. The van der Waals surface area contributed by atoms with Crippen LogP contribution in [0, 0.1) is 6.92 Å². The van der Waals surface area contributed by atoms with Gasteiger partial charge in [0, 0.05) is 26.2 Å². The van der Waals surface area contributed by atoms with Crippen molar-refractivity contribution in [3.63, 3.8) is 0 Å². The fourth-order valence-corrected chi connectivity index (χ4v) is 3.50. The molecule has 2 N–H and O–H groups in total. The molecule has 7 nitrogen and oxygen atoms in total. The number of alkyl halides is 3. The molecule has 4 heterocycles. The summed E-state index contributed by atoms with van der Waals surface area (Å²) in [6.45, 7) is 3.21. The van der Waals surface area contributed by atoms with Crippen LogP contribution in [-0.4, -0.2) is 31.1 Å². The standard InChI is InChI=1S/C16H18F3N7/c1-9-14-11(16(17,18)19)7-13(21-15(14)24(2)22-9)25-4-3-5-26-10(8-25)6-12(20)23-26/h6-7H,3-5,8H2,1-2H3,(H2,20,23). The van der Waals surface area contributed by atoms with Gasteiger partial charge in [-0.25, -0.2) is 4.98 Å². The summed E-state index contributed by atoms with van der Waals surface area (Å²) in [6, 6.07) is 2.86. The molecule has 3 aromatic rings. The molecule has 138 valence electrons. The third kappa shape index (κ3) is 2.65. The molecule has 0 aliphatic carbocycles. The molecule has 26 heavy (non-hydrogen) atoms. The second-order valence-corrected chi connectivity index (χ2v) is 6.49. The number of rotatable bonds is 1. The van der Waals surface area contributed by atoms with E-state index in [1.54, 1.807) is 24.7 Å². The van der Waals surface area contributed by atoms with Gasteiger partial charge in [0.05, 0.1) is 28.9 Å². The maximum Gasteiger partial charge on any atom is 0.417 e. The zero-order valence-corrected chi connectivity index (χ0v) is 14.4. The van der Waals surface area contributed by atoms with Crippen LogP contribution in [0.15, 0.2) is 12.1 Å². The Labute approximate surface area is 147 Å². The lowest BCUT2D eigenvalue weighted by Crippen LogP contribution is -2.24. The number of pyridine rings is 1. The summed E-state index contributed by atoms with van der Waals surface area (Å²) >= 11 is 0. The molecule has 3 aromatic heterocycles. The topological polar surface area (TPSA) is 77.8 Å². The second-order valence-electron chi connectivity index (χ2n) is 6.49. The van der Waals surface area contributed by atoms with Gasteiger partial charge in [-0.1, -0.05) is 0 Å². The Morgan fingerprint density at radius 2 is 1.92 bits per heavy atom. The van der Waals surface area contributed by atoms with Crippen LogP contribution >= 0.6 is 0 Å². The summed E-state index contributed by atoms with van der Waals surface area (Å²) in [6.07, 6.45) is -3.75. The molecule has 4 rings (SSSR count).